The number of sulfonamides is 1. The van der Waals surface area contributed by atoms with Gasteiger partial charge in [-0.05, 0) is 18.2 Å². The van der Waals surface area contributed by atoms with Crippen molar-refractivity contribution in [2.24, 2.45) is 0 Å². The Bertz CT molecular complexity index is 686. The maximum atomic E-state index is 12.8. The second-order valence-electron chi connectivity index (χ2n) is 3.38. The van der Waals surface area contributed by atoms with Gasteiger partial charge in [-0.1, -0.05) is 11.6 Å². The van der Waals surface area contributed by atoms with Crippen LogP contribution in [0.15, 0.2) is 29.3 Å². The van der Waals surface area contributed by atoms with Crippen LogP contribution in [0.2, 0.25) is 5.02 Å². The first kappa shape index (κ1) is 12.7. The largest absolute Gasteiger partial charge is 0.383 e. The van der Waals surface area contributed by atoms with Crippen molar-refractivity contribution in [3.63, 3.8) is 0 Å². The maximum Gasteiger partial charge on any atom is 0.267 e. The van der Waals surface area contributed by atoms with Crippen LogP contribution in [0.4, 0.5) is 15.9 Å². The molecule has 18 heavy (non-hydrogen) atoms. The normalized spacial score (nSPS) is 11.4. The van der Waals surface area contributed by atoms with E-state index in [1.165, 1.54) is 6.07 Å². The number of aromatic nitrogens is 2. The molecule has 9 heteroatoms. The van der Waals surface area contributed by atoms with E-state index in [1.807, 2.05) is 0 Å². The molecule has 1 aromatic carbocycles. The van der Waals surface area contributed by atoms with Crippen LogP contribution in [0, 0.1) is 5.82 Å². The van der Waals surface area contributed by atoms with Gasteiger partial charge in [-0.15, -0.1) is 0 Å². The summed E-state index contributed by atoms with van der Waals surface area (Å²) >= 11 is 5.72. The number of aromatic amines is 1. The van der Waals surface area contributed by atoms with Crippen LogP contribution in [0.5, 0.6) is 0 Å². The van der Waals surface area contributed by atoms with Crippen molar-refractivity contribution < 1.29 is 12.8 Å². The fourth-order valence-corrected chi connectivity index (χ4v) is 2.65. The van der Waals surface area contributed by atoms with Crippen LogP contribution in [-0.2, 0) is 10.0 Å². The lowest BCUT2D eigenvalue weighted by atomic mass is 10.3. The van der Waals surface area contributed by atoms with E-state index in [-0.39, 0.29) is 21.4 Å². The summed E-state index contributed by atoms with van der Waals surface area (Å²) < 4.78 is 38.8. The maximum absolute atomic E-state index is 12.8. The first-order chi connectivity index (χ1) is 8.40. The summed E-state index contributed by atoms with van der Waals surface area (Å²) in [5, 5.41) is 5.75. The van der Waals surface area contributed by atoms with Crippen molar-refractivity contribution in [2.75, 3.05) is 10.5 Å². The van der Waals surface area contributed by atoms with Gasteiger partial charge in [0.25, 0.3) is 10.0 Å². The van der Waals surface area contributed by atoms with Crippen molar-refractivity contribution >= 4 is 33.1 Å². The zero-order chi connectivity index (χ0) is 13.3. The molecule has 96 valence electrons. The van der Waals surface area contributed by atoms with E-state index in [4.69, 9.17) is 17.3 Å². The summed E-state index contributed by atoms with van der Waals surface area (Å²) in [6, 6.07) is 3.30. The number of H-pyrrole nitrogens is 1. The molecule has 0 saturated carbocycles. The second-order valence-corrected chi connectivity index (χ2v) is 5.44. The minimum Gasteiger partial charge on any atom is -0.383 e. The number of nitrogens with zero attached hydrogens (tertiary/aromatic N) is 1. The van der Waals surface area contributed by atoms with Crippen molar-refractivity contribution in [3.8, 4) is 0 Å². The number of anilines is 2. The van der Waals surface area contributed by atoms with E-state index >= 15 is 0 Å². The zero-order valence-corrected chi connectivity index (χ0v) is 10.4. The van der Waals surface area contributed by atoms with Crippen LogP contribution >= 0.6 is 11.6 Å². The monoisotopic (exact) mass is 290 g/mol. The molecule has 0 unspecified atom stereocenters. The third kappa shape index (κ3) is 2.39. The third-order valence-electron chi connectivity index (χ3n) is 2.10. The van der Waals surface area contributed by atoms with Gasteiger partial charge in [-0.2, -0.15) is 5.10 Å². The molecule has 0 aliphatic rings. The van der Waals surface area contributed by atoms with Gasteiger partial charge in [0.2, 0.25) is 0 Å². The van der Waals surface area contributed by atoms with Gasteiger partial charge in [-0.3, -0.25) is 9.82 Å². The van der Waals surface area contributed by atoms with E-state index in [1.54, 1.807) is 0 Å². The highest BCUT2D eigenvalue weighted by molar-refractivity contribution is 7.92. The Morgan fingerprint density at radius 1 is 1.44 bits per heavy atom. The van der Waals surface area contributed by atoms with Gasteiger partial charge in [0.05, 0.1) is 16.9 Å². The summed E-state index contributed by atoms with van der Waals surface area (Å²) in [7, 11) is -3.91. The van der Waals surface area contributed by atoms with Gasteiger partial charge in [0.15, 0.2) is 0 Å². The lowest BCUT2D eigenvalue weighted by molar-refractivity contribution is 0.601. The van der Waals surface area contributed by atoms with Gasteiger partial charge in [0.1, 0.15) is 16.5 Å². The van der Waals surface area contributed by atoms with E-state index in [0.29, 0.717) is 0 Å². The van der Waals surface area contributed by atoms with E-state index in [2.05, 4.69) is 14.9 Å². The quantitative estimate of drug-likeness (QED) is 0.799. The standard InChI is InChI=1S/C9H8ClFN4O2S/c10-6-3-5(11)1-2-7(6)15-18(16,17)8-4-13-14-9(8)12/h1-4,15H,(H3,12,13,14). The molecule has 1 heterocycles. The molecule has 4 N–H and O–H groups in total. The van der Waals surface area contributed by atoms with Gasteiger partial charge in [-0.25, -0.2) is 12.8 Å². The predicted octanol–water partition coefficient (Wildman–Crippen LogP) is 1.59. The summed E-state index contributed by atoms with van der Waals surface area (Å²) in [5.74, 6) is -0.661. The summed E-state index contributed by atoms with van der Waals surface area (Å²) in [5.41, 5.74) is 5.47. The number of hydrogen-bond acceptors (Lipinski definition) is 4. The fraction of sp³-hybridized carbons (Fsp3) is 0. The first-order valence-electron chi connectivity index (χ1n) is 4.67. The molecule has 0 fully saturated rings. The molecule has 0 radical (unpaired) electrons. The van der Waals surface area contributed by atoms with Crippen LogP contribution in [0.25, 0.3) is 0 Å². The van der Waals surface area contributed by atoms with Crippen LogP contribution in [0.3, 0.4) is 0 Å². The van der Waals surface area contributed by atoms with Crippen molar-refractivity contribution in [1.29, 1.82) is 0 Å². The van der Waals surface area contributed by atoms with E-state index in [0.717, 1.165) is 18.3 Å². The average molecular weight is 291 g/mol. The van der Waals surface area contributed by atoms with Crippen LogP contribution in [-0.4, -0.2) is 18.6 Å². The summed E-state index contributed by atoms with van der Waals surface area (Å²) in [6.45, 7) is 0. The number of halogens is 2. The fourth-order valence-electron chi connectivity index (χ4n) is 1.27. The minimum atomic E-state index is -3.91. The van der Waals surface area contributed by atoms with Crippen molar-refractivity contribution in [1.82, 2.24) is 10.2 Å². The molecule has 0 saturated heterocycles. The van der Waals surface area contributed by atoms with E-state index in [9.17, 15) is 12.8 Å². The zero-order valence-electron chi connectivity index (χ0n) is 8.81. The Morgan fingerprint density at radius 2 is 2.17 bits per heavy atom. The van der Waals surface area contributed by atoms with Gasteiger partial charge in [0, 0.05) is 0 Å². The van der Waals surface area contributed by atoms with Crippen molar-refractivity contribution in [3.05, 3.63) is 35.2 Å². The molecule has 2 rings (SSSR count). The smallest absolute Gasteiger partial charge is 0.267 e. The number of nitrogens with two attached hydrogens (primary N) is 1. The Kier molecular flexibility index (Phi) is 3.14. The second kappa shape index (κ2) is 4.46. The highest BCUT2D eigenvalue weighted by atomic mass is 35.5. The van der Waals surface area contributed by atoms with Gasteiger partial charge >= 0.3 is 0 Å². The Labute approximate surface area is 107 Å². The molecular weight excluding hydrogens is 283 g/mol. The highest BCUT2D eigenvalue weighted by Crippen LogP contribution is 2.26. The van der Waals surface area contributed by atoms with Gasteiger partial charge < -0.3 is 5.73 Å². The molecular formula is C9H8ClFN4O2S. The number of hydrogen-bond donors (Lipinski definition) is 3. The first-order valence-corrected chi connectivity index (χ1v) is 6.53. The van der Waals surface area contributed by atoms with Crippen LogP contribution < -0.4 is 10.5 Å². The summed E-state index contributed by atoms with van der Waals surface area (Å²) in [4.78, 5) is -0.206. The Morgan fingerprint density at radius 3 is 2.72 bits per heavy atom. The topological polar surface area (TPSA) is 101 Å². The van der Waals surface area contributed by atoms with Crippen molar-refractivity contribution in [2.45, 2.75) is 4.90 Å². The minimum absolute atomic E-state index is 0.0543. The molecule has 2 aromatic rings. The predicted molar refractivity (Wildman–Crippen MR) is 65.2 cm³/mol. The molecule has 0 spiro atoms. The SMILES string of the molecule is Nc1[nH]ncc1S(=O)(=O)Nc1ccc(F)cc1Cl. The van der Waals surface area contributed by atoms with Crippen LogP contribution in [0.1, 0.15) is 0 Å². The van der Waals surface area contributed by atoms with E-state index < -0.39 is 15.8 Å². The molecule has 1 aromatic heterocycles. The number of nitrogen functional groups attached to an aromatic ring is 1. The molecule has 6 nitrogen and oxygen atoms in total. The molecule has 0 bridgehead atoms. The third-order valence-corrected chi connectivity index (χ3v) is 3.80. The number of rotatable bonds is 3. The molecule has 0 amide bonds. The lowest BCUT2D eigenvalue weighted by Crippen LogP contribution is -2.14. The number of benzene rings is 1. The molecule has 0 aliphatic heterocycles. The number of nitrogens with one attached hydrogen (secondary N) is 2. The average Bonchev–Trinajstić information content (AvgIpc) is 2.69. The molecule has 0 aliphatic carbocycles. The summed E-state index contributed by atoms with van der Waals surface area (Å²) in [6.07, 6.45) is 1.06. The lowest BCUT2D eigenvalue weighted by Gasteiger charge is -2.08. The Balaban J connectivity index is 2.37. The molecule has 0 atom stereocenters. The highest BCUT2D eigenvalue weighted by Gasteiger charge is 2.20. The Hall–Kier alpha value is -1.80.